The van der Waals surface area contributed by atoms with Crippen LogP contribution < -0.4 is 5.32 Å². The summed E-state index contributed by atoms with van der Waals surface area (Å²) in [4.78, 5) is 12.9. The Morgan fingerprint density at radius 1 is 1.44 bits per heavy atom. The number of amides is 1. The van der Waals surface area contributed by atoms with Gasteiger partial charge in [0, 0.05) is 32.4 Å². The third kappa shape index (κ3) is 2.24. The van der Waals surface area contributed by atoms with Gasteiger partial charge in [-0.25, -0.2) is 0 Å². The number of rotatable bonds is 2. The van der Waals surface area contributed by atoms with Crippen LogP contribution in [0.5, 0.6) is 0 Å². The van der Waals surface area contributed by atoms with Crippen LogP contribution in [0.4, 0.5) is 5.69 Å². The quantitative estimate of drug-likeness (QED) is 0.764. The third-order valence-electron chi connectivity index (χ3n) is 2.70. The summed E-state index contributed by atoms with van der Waals surface area (Å²) in [5.74, 6) is 0.00783. The van der Waals surface area contributed by atoms with Gasteiger partial charge in [-0.15, -0.1) is 0 Å². The molecule has 1 N–H and O–H groups in total. The minimum absolute atomic E-state index is 0.00783. The second kappa shape index (κ2) is 4.39. The van der Waals surface area contributed by atoms with Crippen molar-refractivity contribution in [1.82, 2.24) is 4.90 Å². The first-order chi connectivity index (χ1) is 7.66. The van der Waals surface area contributed by atoms with Gasteiger partial charge in [-0.2, -0.15) is 0 Å². The highest BCUT2D eigenvalue weighted by atomic mass is 16.2. The van der Waals surface area contributed by atoms with Gasteiger partial charge in [0.1, 0.15) is 0 Å². The number of hydrogen-bond donors (Lipinski definition) is 1. The summed E-state index contributed by atoms with van der Waals surface area (Å²) >= 11 is 0. The van der Waals surface area contributed by atoms with Gasteiger partial charge in [-0.05, 0) is 29.7 Å². The predicted molar refractivity (Wildman–Crippen MR) is 66.4 cm³/mol. The van der Waals surface area contributed by atoms with Crippen molar-refractivity contribution in [2.75, 3.05) is 26.0 Å². The summed E-state index contributed by atoms with van der Waals surface area (Å²) in [6, 6.07) is 6.25. The fourth-order valence-electron chi connectivity index (χ4n) is 1.73. The zero-order chi connectivity index (χ0) is 11.5. The van der Waals surface area contributed by atoms with Crippen molar-refractivity contribution in [1.29, 1.82) is 0 Å². The summed E-state index contributed by atoms with van der Waals surface area (Å²) in [6.07, 6.45) is 4.54. The molecule has 0 aromatic heterocycles. The Labute approximate surface area is 95.8 Å². The van der Waals surface area contributed by atoms with E-state index in [1.807, 2.05) is 12.1 Å². The monoisotopic (exact) mass is 216 g/mol. The zero-order valence-electron chi connectivity index (χ0n) is 9.66. The number of nitrogens with one attached hydrogen (secondary N) is 1. The van der Waals surface area contributed by atoms with Crippen LogP contribution >= 0.6 is 0 Å². The predicted octanol–water partition coefficient (Wildman–Crippen LogP) is 1.76. The van der Waals surface area contributed by atoms with Crippen molar-refractivity contribution in [3.63, 3.8) is 0 Å². The Kier molecular flexibility index (Phi) is 2.95. The highest BCUT2D eigenvalue weighted by Crippen LogP contribution is 2.23. The number of carbonyl (C=O) groups is 1. The van der Waals surface area contributed by atoms with Crippen LogP contribution in [0.2, 0.25) is 0 Å². The van der Waals surface area contributed by atoms with Gasteiger partial charge in [-0.3, -0.25) is 4.79 Å². The molecule has 0 radical (unpaired) electrons. The van der Waals surface area contributed by atoms with Crippen molar-refractivity contribution < 1.29 is 4.79 Å². The van der Waals surface area contributed by atoms with Crippen molar-refractivity contribution in [2.24, 2.45) is 0 Å². The molecule has 1 amide bonds. The molecule has 1 aliphatic rings. The molecule has 0 unspecified atom stereocenters. The van der Waals surface area contributed by atoms with Crippen LogP contribution in [0.15, 0.2) is 24.3 Å². The first-order valence-corrected chi connectivity index (χ1v) is 5.43. The standard InChI is InChI=1S/C13H16N2O/c1-15(2)13(16)6-4-10-3-5-11-7-8-14-12(11)9-10/h3-6,9,14H,7-8H2,1-2H3/b6-4+. The van der Waals surface area contributed by atoms with Crippen LogP contribution in [0.25, 0.3) is 6.08 Å². The fourth-order valence-corrected chi connectivity index (χ4v) is 1.73. The molecule has 3 nitrogen and oxygen atoms in total. The van der Waals surface area contributed by atoms with E-state index in [2.05, 4.69) is 17.4 Å². The number of nitrogens with zero attached hydrogens (tertiary/aromatic N) is 1. The van der Waals surface area contributed by atoms with Gasteiger partial charge in [-0.1, -0.05) is 12.1 Å². The number of hydrogen-bond acceptors (Lipinski definition) is 2. The first kappa shape index (κ1) is 10.7. The van der Waals surface area contributed by atoms with Crippen LogP contribution in [-0.2, 0) is 11.2 Å². The second-order valence-electron chi connectivity index (χ2n) is 4.16. The Hall–Kier alpha value is -1.77. The fraction of sp³-hybridized carbons (Fsp3) is 0.308. The summed E-state index contributed by atoms with van der Waals surface area (Å²) in [5.41, 5.74) is 3.61. The summed E-state index contributed by atoms with van der Waals surface area (Å²) in [5, 5.41) is 3.32. The van der Waals surface area contributed by atoms with Gasteiger partial charge in [0.25, 0.3) is 0 Å². The van der Waals surface area contributed by atoms with E-state index >= 15 is 0 Å². The largest absolute Gasteiger partial charge is 0.384 e. The summed E-state index contributed by atoms with van der Waals surface area (Å²) < 4.78 is 0. The molecule has 0 fully saturated rings. The van der Waals surface area contributed by atoms with Crippen LogP contribution in [-0.4, -0.2) is 31.4 Å². The van der Waals surface area contributed by atoms with E-state index in [0.29, 0.717) is 0 Å². The Bertz CT molecular complexity index is 436. The van der Waals surface area contributed by atoms with E-state index in [0.717, 1.165) is 18.5 Å². The Morgan fingerprint density at radius 3 is 3.00 bits per heavy atom. The maximum atomic E-state index is 11.4. The Morgan fingerprint density at radius 2 is 2.25 bits per heavy atom. The molecule has 1 aromatic rings. The summed E-state index contributed by atoms with van der Waals surface area (Å²) in [7, 11) is 3.49. The molecule has 16 heavy (non-hydrogen) atoms. The van der Waals surface area contributed by atoms with E-state index in [9.17, 15) is 4.79 Å². The van der Waals surface area contributed by atoms with Crippen LogP contribution in [0, 0.1) is 0 Å². The number of benzene rings is 1. The molecular formula is C13H16N2O. The van der Waals surface area contributed by atoms with Gasteiger partial charge in [0.15, 0.2) is 0 Å². The molecule has 0 saturated heterocycles. The van der Waals surface area contributed by atoms with Gasteiger partial charge < -0.3 is 10.2 Å². The van der Waals surface area contributed by atoms with Crippen molar-refractivity contribution in [2.45, 2.75) is 6.42 Å². The smallest absolute Gasteiger partial charge is 0.246 e. The Balaban J connectivity index is 2.14. The number of fused-ring (bicyclic) bond motifs is 1. The molecule has 0 atom stereocenters. The van der Waals surface area contributed by atoms with Crippen LogP contribution in [0.3, 0.4) is 0 Å². The number of carbonyl (C=O) groups excluding carboxylic acids is 1. The average molecular weight is 216 g/mol. The van der Waals surface area contributed by atoms with E-state index in [4.69, 9.17) is 0 Å². The highest BCUT2D eigenvalue weighted by molar-refractivity contribution is 5.91. The molecule has 3 heteroatoms. The maximum absolute atomic E-state index is 11.4. The lowest BCUT2D eigenvalue weighted by Gasteiger charge is -2.05. The molecule has 1 heterocycles. The van der Waals surface area contributed by atoms with Crippen molar-refractivity contribution >= 4 is 17.7 Å². The SMILES string of the molecule is CN(C)C(=O)/C=C/c1ccc2c(c1)NCC2. The number of anilines is 1. The lowest BCUT2D eigenvalue weighted by molar-refractivity contribution is -0.123. The normalized spacial score (nSPS) is 13.6. The molecule has 0 saturated carbocycles. The van der Waals surface area contributed by atoms with Crippen molar-refractivity contribution in [3.05, 3.63) is 35.4 Å². The number of likely N-dealkylation sites (N-methyl/N-ethyl adjacent to an activating group) is 1. The second-order valence-corrected chi connectivity index (χ2v) is 4.16. The summed E-state index contributed by atoms with van der Waals surface area (Å²) in [6.45, 7) is 1.01. The third-order valence-corrected chi connectivity index (χ3v) is 2.70. The zero-order valence-corrected chi connectivity index (χ0v) is 9.66. The molecule has 0 aliphatic carbocycles. The van der Waals surface area contributed by atoms with E-state index < -0.39 is 0 Å². The van der Waals surface area contributed by atoms with Gasteiger partial charge in [0.05, 0.1) is 0 Å². The van der Waals surface area contributed by atoms with Gasteiger partial charge >= 0.3 is 0 Å². The highest BCUT2D eigenvalue weighted by Gasteiger charge is 2.08. The lowest BCUT2D eigenvalue weighted by atomic mass is 10.1. The lowest BCUT2D eigenvalue weighted by Crippen LogP contribution is -2.18. The molecular weight excluding hydrogens is 200 g/mol. The molecule has 0 spiro atoms. The first-order valence-electron chi connectivity index (χ1n) is 5.43. The topological polar surface area (TPSA) is 32.3 Å². The minimum Gasteiger partial charge on any atom is -0.384 e. The molecule has 2 rings (SSSR count). The molecule has 0 bridgehead atoms. The molecule has 1 aromatic carbocycles. The average Bonchev–Trinajstić information content (AvgIpc) is 2.72. The van der Waals surface area contributed by atoms with Crippen LogP contribution in [0.1, 0.15) is 11.1 Å². The maximum Gasteiger partial charge on any atom is 0.246 e. The van der Waals surface area contributed by atoms with E-state index in [-0.39, 0.29) is 5.91 Å². The van der Waals surface area contributed by atoms with Gasteiger partial charge in [0.2, 0.25) is 5.91 Å². The van der Waals surface area contributed by atoms with E-state index in [1.165, 1.54) is 11.3 Å². The molecule has 1 aliphatic heterocycles. The van der Waals surface area contributed by atoms with E-state index in [1.54, 1.807) is 25.1 Å². The molecule has 84 valence electrons. The van der Waals surface area contributed by atoms with Crippen molar-refractivity contribution in [3.8, 4) is 0 Å². The minimum atomic E-state index is 0.00783.